The van der Waals surface area contributed by atoms with E-state index in [1.165, 1.54) is 27.8 Å². The van der Waals surface area contributed by atoms with Gasteiger partial charge in [0.2, 0.25) is 0 Å². The minimum Gasteiger partial charge on any atom is -0.482 e. The van der Waals surface area contributed by atoms with Gasteiger partial charge in [-0.15, -0.1) is 11.8 Å². The number of benzene rings is 4. The van der Waals surface area contributed by atoms with E-state index in [-0.39, 0.29) is 11.9 Å². The maximum Gasteiger partial charge on any atom is 0.341 e. The lowest BCUT2D eigenvalue weighted by atomic mass is 9.99. The van der Waals surface area contributed by atoms with Crippen LogP contribution in [0, 0.1) is 13.8 Å². The molecule has 0 aromatic heterocycles. The van der Waals surface area contributed by atoms with E-state index in [9.17, 15) is 4.79 Å². The Labute approximate surface area is 205 Å². The van der Waals surface area contributed by atoms with Crippen LogP contribution in [-0.4, -0.2) is 17.7 Å². The number of ether oxygens (including phenoxy) is 1. The molecule has 34 heavy (non-hydrogen) atoms. The van der Waals surface area contributed by atoms with E-state index in [1.54, 1.807) is 0 Å². The number of carboxylic acids is 1. The van der Waals surface area contributed by atoms with Crippen LogP contribution in [0.4, 0.5) is 0 Å². The highest BCUT2D eigenvalue weighted by Gasteiger charge is 2.16. The fourth-order valence-corrected chi connectivity index (χ4v) is 5.14. The summed E-state index contributed by atoms with van der Waals surface area (Å²) < 4.78 is 5.39. The van der Waals surface area contributed by atoms with Crippen molar-refractivity contribution in [2.24, 2.45) is 0 Å². The lowest BCUT2D eigenvalue weighted by molar-refractivity contribution is -0.139. The van der Waals surface area contributed by atoms with Crippen molar-refractivity contribution in [1.82, 2.24) is 0 Å². The van der Waals surface area contributed by atoms with Crippen LogP contribution in [0.2, 0.25) is 0 Å². The van der Waals surface area contributed by atoms with Gasteiger partial charge in [-0.25, -0.2) is 4.79 Å². The van der Waals surface area contributed by atoms with Crippen LogP contribution in [0.3, 0.4) is 0 Å². The molecule has 4 aromatic carbocycles. The summed E-state index contributed by atoms with van der Waals surface area (Å²) in [6.45, 7) is 3.71. The molecule has 0 heterocycles. The summed E-state index contributed by atoms with van der Waals surface area (Å²) in [6, 6.07) is 34.0. The molecule has 0 radical (unpaired) electrons. The first-order chi connectivity index (χ1) is 16.5. The first kappa shape index (κ1) is 23.7. The molecular weight excluding hydrogens is 440 g/mol. The van der Waals surface area contributed by atoms with E-state index in [0.29, 0.717) is 5.75 Å². The maximum atomic E-state index is 10.8. The van der Waals surface area contributed by atoms with Gasteiger partial charge in [-0.2, -0.15) is 0 Å². The van der Waals surface area contributed by atoms with Crippen LogP contribution >= 0.6 is 11.8 Å². The van der Waals surface area contributed by atoms with Crippen molar-refractivity contribution >= 4 is 17.7 Å². The number of hydrogen-bond acceptors (Lipinski definition) is 3. The normalized spacial score (nSPS) is 11.7. The van der Waals surface area contributed by atoms with Gasteiger partial charge >= 0.3 is 5.97 Å². The molecule has 4 rings (SSSR count). The molecule has 172 valence electrons. The Morgan fingerprint density at radius 2 is 1.50 bits per heavy atom. The number of thioether (sulfide) groups is 1. The quantitative estimate of drug-likeness (QED) is 0.258. The van der Waals surface area contributed by atoms with Gasteiger partial charge in [-0.05, 0) is 66.3 Å². The van der Waals surface area contributed by atoms with Gasteiger partial charge in [0.05, 0.1) is 0 Å². The SMILES string of the molecule is Cc1ccc(-c2ccc(C(Cc3ccccc3)Sc3ccc(OCC(=O)O)c(C)c3)cc2)cc1. The van der Waals surface area contributed by atoms with Crippen molar-refractivity contribution in [3.05, 3.63) is 119 Å². The number of aryl methyl sites for hydroxylation is 2. The van der Waals surface area contributed by atoms with Crippen LogP contribution in [0.25, 0.3) is 11.1 Å². The Balaban J connectivity index is 1.57. The molecule has 4 aromatic rings. The molecule has 0 aliphatic heterocycles. The van der Waals surface area contributed by atoms with Crippen LogP contribution in [0.15, 0.2) is 102 Å². The van der Waals surface area contributed by atoms with Gasteiger partial charge < -0.3 is 9.84 Å². The van der Waals surface area contributed by atoms with Crippen LogP contribution < -0.4 is 4.74 Å². The van der Waals surface area contributed by atoms with Crippen molar-refractivity contribution < 1.29 is 14.6 Å². The number of hydrogen-bond donors (Lipinski definition) is 1. The average molecular weight is 469 g/mol. The fraction of sp³-hybridized carbons (Fsp3) is 0.167. The van der Waals surface area contributed by atoms with E-state index in [1.807, 2.05) is 36.9 Å². The minimum atomic E-state index is -0.977. The van der Waals surface area contributed by atoms with Gasteiger partial charge in [0.25, 0.3) is 0 Å². The second-order valence-corrected chi connectivity index (χ2v) is 9.67. The van der Waals surface area contributed by atoms with E-state index < -0.39 is 5.97 Å². The molecule has 1 unspecified atom stereocenters. The van der Waals surface area contributed by atoms with Crippen molar-refractivity contribution in [2.45, 2.75) is 30.4 Å². The first-order valence-electron chi connectivity index (χ1n) is 11.3. The van der Waals surface area contributed by atoms with E-state index in [0.717, 1.165) is 16.9 Å². The lowest BCUT2D eigenvalue weighted by Crippen LogP contribution is -2.10. The second kappa shape index (κ2) is 11.1. The molecule has 4 heteroatoms. The van der Waals surface area contributed by atoms with E-state index in [4.69, 9.17) is 9.84 Å². The predicted octanol–water partition coefficient (Wildman–Crippen LogP) is 7.51. The molecule has 0 bridgehead atoms. The zero-order valence-electron chi connectivity index (χ0n) is 19.4. The highest BCUT2D eigenvalue weighted by molar-refractivity contribution is 7.99. The number of rotatable bonds is 9. The van der Waals surface area contributed by atoms with Gasteiger partial charge in [0.15, 0.2) is 6.61 Å². The maximum absolute atomic E-state index is 10.8. The van der Waals surface area contributed by atoms with Crippen LogP contribution in [0.1, 0.15) is 27.5 Å². The lowest BCUT2D eigenvalue weighted by Gasteiger charge is -2.19. The van der Waals surface area contributed by atoms with Gasteiger partial charge in [0.1, 0.15) is 5.75 Å². The summed E-state index contributed by atoms with van der Waals surface area (Å²) >= 11 is 1.82. The zero-order chi connectivity index (χ0) is 23.9. The smallest absolute Gasteiger partial charge is 0.341 e. The highest BCUT2D eigenvalue weighted by Crippen LogP contribution is 2.40. The minimum absolute atomic E-state index is 0.236. The first-order valence-corrected chi connectivity index (χ1v) is 12.2. The van der Waals surface area contributed by atoms with Gasteiger partial charge in [-0.3, -0.25) is 0 Å². The Morgan fingerprint density at radius 3 is 2.12 bits per heavy atom. The molecular formula is C30H28O3S. The Morgan fingerprint density at radius 1 is 0.853 bits per heavy atom. The third kappa shape index (κ3) is 6.30. The molecule has 1 N–H and O–H groups in total. The number of carboxylic acid groups (broad SMARTS) is 1. The molecule has 0 aliphatic rings. The summed E-state index contributed by atoms with van der Waals surface area (Å²) in [5.41, 5.74) is 7.18. The summed E-state index contributed by atoms with van der Waals surface area (Å²) in [6.07, 6.45) is 0.908. The highest BCUT2D eigenvalue weighted by atomic mass is 32.2. The molecule has 0 saturated carbocycles. The number of aliphatic carboxylic acids is 1. The molecule has 1 atom stereocenters. The summed E-state index contributed by atoms with van der Waals surface area (Å²) in [7, 11) is 0. The molecule has 0 spiro atoms. The Bertz CT molecular complexity index is 1230. The summed E-state index contributed by atoms with van der Waals surface area (Å²) in [5.74, 6) is -0.372. The molecule has 0 fully saturated rings. The second-order valence-electron chi connectivity index (χ2n) is 8.39. The average Bonchev–Trinajstić information content (AvgIpc) is 2.84. The van der Waals surface area contributed by atoms with Crippen molar-refractivity contribution in [3.63, 3.8) is 0 Å². The fourth-order valence-electron chi connectivity index (χ4n) is 3.85. The van der Waals surface area contributed by atoms with Gasteiger partial charge in [0, 0.05) is 10.1 Å². The largest absolute Gasteiger partial charge is 0.482 e. The van der Waals surface area contributed by atoms with Crippen molar-refractivity contribution in [1.29, 1.82) is 0 Å². The van der Waals surface area contributed by atoms with Crippen molar-refractivity contribution in [3.8, 4) is 16.9 Å². The topological polar surface area (TPSA) is 46.5 Å². The standard InChI is InChI=1S/C30H28O3S/c1-21-8-10-24(11-9-21)25-12-14-26(15-13-25)29(19-23-6-4-3-5-7-23)34-27-16-17-28(22(2)18-27)33-20-30(31)32/h3-18,29H,19-20H2,1-2H3,(H,31,32). The molecule has 0 aliphatic carbocycles. The van der Waals surface area contributed by atoms with Crippen molar-refractivity contribution in [2.75, 3.05) is 6.61 Å². The monoisotopic (exact) mass is 468 g/mol. The predicted molar refractivity (Wildman–Crippen MR) is 140 cm³/mol. The molecule has 0 saturated heterocycles. The number of carbonyl (C=O) groups is 1. The van der Waals surface area contributed by atoms with Gasteiger partial charge in [-0.1, -0.05) is 84.4 Å². The zero-order valence-corrected chi connectivity index (χ0v) is 20.2. The Kier molecular flexibility index (Phi) is 7.71. The summed E-state index contributed by atoms with van der Waals surface area (Å²) in [4.78, 5) is 12.0. The third-order valence-corrected chi connectivity index (χ3v) is 6.96. The van der Waals surface area contributed by atoms with Crippen LogP contribution in [-0.2, 0) is 11.2 Å². The van der Waals surface area contributed by atoms with E-state index >= 15 is 0 Å². The van der Waals surface area contributed by atoms with Crippen LogP contribution in [0.5, 0.6) is 5.75 Å². The molecule has 3 nitrogen and oxygen atoms in total. The summed E-state index contributed by atoms with van der Waals surface area (Å²) in [5, 5.41) is 9.12. The molecule has 0 amide bonds. The third-order valence-electron chi connectivity index (χ3n) is 5.71. The Hall–Kier alpha value is -3.50. The van der Waals surface area contributed by atoms with E-state index in [2.05, 4.69) is 85.8 Å².